The van der Waals surface area contributed by atoms with Gasteiger partial charge in [-0.05, 0) is 59.4 Å². The molecule has 2 saturated heterocycles. The molecule has 4 aromatic rings. The predicted molar refractivity (Wildman–Crippen MR) is 228 cm³/mol. The molecule has 0 saturated carbocycles. The maximum atomic E-state index is 12.8. The molecule has 13 nitrogen and oxygen atoms in total. The first-order chi connectivity index (χ1) is 26.6. The minimum absolute atomic E-state index is 0. The van der Waals surface area contributed by atoms with Crippen LogP contribution in [-0.4, -0.2) is 109 Å². The molecule has 6 rings (SSSR count). The number of methoxy groups -OCH3 is 2. The number of nitrogens with zero attached hydrogens (tertiary/aromatic N) is 2. The molecule has 2 fully saturated rings. The molecular weight excluding hydrogens is 744 g/mol. The summed E-state index contributed by atoms with van der Waals surface area (Å²) < 4.78 is 22.2. The van der Waals surface area contributed by atoms with E-state index in [0.29, 0.717) is 48.6 Å². The van der Waals surface area contributed by atoms with E-state index in [1.807, 2.05) is 50.2 Å². The fourth-order valence-corrected chi connectivity index (χ4v) is 7.49. The first-order valence-electron chi connectivity index (χ1n) is 18.9. The van der Waals surface area contributed by atoms with Gasteiger partial charge in [-0.2, -0.15) is 0 Å². The van der Waals surface area contributed by atoms with E-state index in [1.54, 1.807) is 6.07 Å². The number of esters is 1. The van der Waals surface area contributed by atoms with Crippen LogP contribution in [0.1, 0.15) is 101 Å². The predicted octanol–water partition coefficient (Wildman–Crippen LogP) is 7.61. The molecule has 0 unspecified atom stereocenters. The number of ketones is 1. The van der Waals surface area contributed by atoms with Gasteiger partial charge in [0.25, 0.3) is 0 Å². The van der Waals surface area contributed by atoms with Gasteiger partial charge in [0, 0.05) is 66.7 Å². The Morgan fingerprint density at radius 2 is 1.43 bits per heavy atom. The molecule has 4 atom stereocenters. The average Bonchev–Trinajstić information content (AvgIpc) is 3.12. The van der Waals surface area contributed by atoms with Crippen LogP contribution in [0.5, 0.6) is 28.7 Å². The molecule has 13 heteroatoms. The Balaban J connectivity index is 0.000000365. The number of phenolic OH excluding ortho intramolecular Hbond substituents is 3. The molecule has 4 N–H and O–H groups in total. The number of Topliss-reactive ketones (excluding diaryl/α,β-unsaturated/α-hetero) is 1. The summed E-state index contributed by atoms with van der Waals surface area (Å²) in [5.41, 5.74) is 2.42. The summed E-state index contributed by atoms with van der Waals surface area (Å²) in [6.45, 7) is 11.4. The van der Waals surface area contributed by atoms with Crippen LogP contribution in [0.25, 0.3) is 22.3 Å². The number of likely N-dealkylation sites (N-methyl/N-ethyl adjacent to an activating group) is 2. The van der Waals surface area contributed by atoms with Gasteiger partial charge in [0.2, 0.25) is 0 Å². The number of carbonyl (C=O) groups is 2. The third-order valence-electron chi connectivity index (χ3n) is 10.1. The van der Waals surface area contributed by atoms with Crippen LogP contribution in [0.3, 0.4) is 0 Å². The van der Waals surface area contributed by atoms with E-state index in [0.717, 1.165) is 30.3 Å². The Kier molecular flexibility index (Phi) is 18.3. The number of likely N-dealkylation sites (tertiary alicyclic amines) is 2. The number of benzene rings is 3. The lowest BCUT2D eigenvalue weighted by Gasteiger charge is -2.37. The number of aliphatic hydroxyl groups excluding tert-OH is 1. The van der Waals surface area contributed by atoms with Gasteiger partial charge in [0.1, 0.15) is 57.1 Å². The summed E-state index contributed by atoms with van der Waals surface area (Å²) in [6.07, 6.45) is 1.35. The number of hydrogen-bond acceptors (Lipinski definition) is 13. The lowest BCUT2D eigenvalue weighted by molar-refractivity contribution is -0.149. The highest BCUT2D eigenvalue weighted by atomic mass is 16.5. The van der Waals surface area contributed by atoms with Gasteiger partial charge in [0.05, 0.1) is 20.3 Å². The molecule has 320 valence electrons. The fraction of sp³-hybridized carbons (Fsp3) is 0.489. The highest BCUT2D eigenvalue weighted by molar-refractivity contribution is 6.00. The minimum Gasteiger partial charge on any atom is -0.507 e. The van der Waals surface area contributed by atoms with Crippen LogP contribution in [-0.2, 0) is 9.53 Å². The second-order valence-corrected chi connectivity index (χ2v) is 14.5. The largest absolute Gasteiger partial charge is 0.507 e. The summed E-state index contributed by atoms with van der Waals surface area (Å²) >= 11 is 0. The lowest BCUT2D eigenvalue weighted by atomic mass is 9.84. The van der Waals surface area contributed by atoms with Gasteiger partial charge in [-0.1, -0.05) is 59.4 Å². The number of hydrogen-bond donors (Lipinski definition) is 4. The van der Waals surface area contributed by atoms with Crippen LogP contribution in [0, 0.1) is 6.92 Å². The van der Waals surface area contributed by atoms with Gasteiger partial charge in [-0.25, -0.2) is 0 Å². The van der Waals surface area contributed by atoms with Crippen LogP contribution in [0.4, 0.5) is 0 Å². The number of aliphatic hydroxyl groups is 1. The van der Waals surface area contributed by atoms with E-state index >= 15 is 0 Å². The first-order valence-corrected chi connectivity index (χ1v) is 18.9. The van der Waals surface area contributed by atoms with E-state index in [2.05, 4.69) is 18.7 Å². The Bertz CT molecular complexity index is 2080. The first kappa shape index (κ1) is 49.0. The summed E-state index contributed by atoms with van der Waals surface area (Å²) in [4.78, 5) is 40.4. The maximum Gasteiger partial charge on any atom is 0.302 e. The standard InChI is InChI=1S/C22H23NO5.C18H25NO6.C3H8.2CH4/c1-12-5-3-4-6-13(12)19-10-17(26)21-16(25)9-15(24)20(22(21)28-19)14-7-8-23(2)11-18(14)27;1-10(20)16-13(23-4)8-14(24-5)17(18(16)22)12-6-7-19(3)9-15(12)25-11(2)21;1-3-2;;/h3-6,9-10,14,18,24-25,27H,7-8,11H2,1-2H3;8,12,15,22H,6-7,9H2,1-5H3;3H2,1-2H3;2*1H4/t14-,18+;12-,15+;;;/m00.../s1. The lowest BCUT2D eigenvalue weighted by Crippen LogP contribution is -2.43. The third kappa shape index (κ3) is 10.9. The molecule has 3 heterocycles. The molecule has 0 bridgehead atoms. The molecule has 0 spiro atoms. The maximum absolute atomic E-state index is 12.8. The van der Waals surface area contributed by atoms with Crippen molar-refractivity contribution in [1.82, 2.24) is 9.80 Å². The van der Waals surface area contributed by atoms with Crippen LogP contribution in [0.2, 0.25) is 0 Å². The van der Waals surface area contributed by atoms with Crippen molar-refractivity contribution in [3.05, 3.63) is 74.9 Å². The van der Waals surface area contributed by atoms with E-state index in [9.17, 15) is 34.8 Å². The molecule has 58 heavy (non-hydrogen) atoms. The zero-order valence-corrected chi connectivity index (χ0v) is 33.8. The van der Waals surface area contributed by atoms with Crippen molar-refractivity contribution in [3.8, 4) is 40.1 Å². The topological polar surface area (TPSA) is 179 Å². The molecule has 1 aromatic heterocycles. The summed E-state index contributed by atoms with van der Waals surface area (Å²) in [6, 6.07) is 11.6. The Morgan fingerprint density at radius 1 is 0.845 bits per heavy atom. The van der Waals surface area contributed by atoms with Crippen molar-refractivity contribution < 1.29 is 48.6 Å². The highest BCUT2D eigenvalue weighted by Gasteiger charge is 2.37. The smallest absolute Gasteiger partial charge is 0.302 e. The zero-order valence-electron chi connectivity index (χ0n) is 33.8. The van der Waals surface area contributed by atoms with E-state index in [1.165, 1.54) is 40.6 Å². The molecular formula is C45H64N2O11. The number of phenols is 3. The van der Waals surface area contributed by atoms with Crippen LogP contribution >= 0.6 is 0 Å². The second kappa shape index (κ2) is 21.6. The molecule has 3 aromatic carbocycles. The van der Waals surface area contributed by atoms with Crippen molar-refractivity contribution >= 4 is 22.7 Å². The van der Waals surface area contributed by atoms with Gasteiger partial charge in [0.15, 0.2) is 11.2 Å². The molecule has 2 aliphatic rings. The summed E-state index contributed by atoms with van der Waals surface area (Å²) in [5, 5.41) is 42.3. The Morgan fingerprint density at radius 3 is 1.98 bits per heavy atom. The number of rotatable bonds is 7. The summed E-state index contributed by atoms with van der Waals surface area (Å²) in [7, 11) is 6.78. The Labute approximate surface area is 342 Å². The minimum atomic E-state index is -0.718. The number of ether oxygens (including phenoxy) is 3. The quantitative estimate of drug-likeness (QED) is 0.106. The number of fused-ring (bicyclic) bond motifs is 1. The fourth-order valence-electron chi connectivity index (χ4n) is 7.49. The van der Waals surface area contributed by atoms with E-state index in [-0.39, 0.29) is 77.5 Å². The molecule has 0 radical (unpaired) electrons. The zero-order chi connectivity index (χ0) is 41.4. The number of aromatic hydroxyl groups is 3. The molecule has 0 amide bonds. The van der Waals surface area contributed by atoms with E-state index < -0.39 is 18.1 Å². The number of aryl methyl sites for hydroxylation is 1. The number of carbonyl (C=O) groups excluding carboxylic acids is 2. The van der Waals surface area contributed by atoms with Crippen molar-refractivity contribution in [2.45, 2.75) is 92.8 Å². The van der Waals surface area contributed by atoms with Crippen LogP contribution in [0.15, 0.2) is 51.7 Å². The number of β-amino-alcohol motifs (C(OH)–C–C–N with tert-alkyl or cyclic N) is 1. The van der Waals surface area contributed by atoms with Crippen molar-refractivity contribution in [2.75, 3.05) is 54.5 Å². The highest BCUT2D eigenvalue weighted by Crippen LogP contribution is 2.47. The van der Waals surface area contributed by atoms with E-state index in [4.69, 9.17) is 18.6 Å². The molecule has 0 aliphatic carbocycles. The van der Waals surface area contributed by atoms with Crippen molar-refractivity contribution in [3.63, 3.8) is 0 Å². The van der Waals surface area contributed by atoms with Crippen molar-refractivity contribution in [1.29, 1.82) is 0 Å². The van der Waals surface area contributed by atoms with Gasteiger partial charge in [-0.15, -0.1) is 0 Å². The van der Waals surface area contributed by atoms with Crippen molar-refractivity contribution in [2.24, 2.45) is 0 Å². The average molecular weight is 809 g/mol. The Hall–Kier alpha value is -5.11. The van der Waals surface area contributed by atoms with Gasteiger partial charge >= 0.3 is 5.97 Å². The van der Waals surface area contributed by atoms with Gasteiger partial charge < -0.3 is 48.9 Å². The monoisotopic (exact) mass is 808 g/mol. The summed E-state index contributed by atoms with van der Waals surface area (Å²) in [5.74, 6) is -1.02. The molecule has 2 aliphatic heterocycles. The second-order valence-electron chi connectivity index (χ2n) is 14.5. The third-order valence-corrected chi connectivity index (χ3v) is 10.1. The number of piperidine rings is 2. The van der Waals surface area contributed by atoms with Crippen LogP contribution < -0.4 is 14.9 Å². The normalized spacial score (nSPS) is 19.2. The SMILES string of the molecule is C.C.CCC.COc1cc(OC)c([C@H]2CCN(C)C[C@H]2OC(C)=O)c(O)c1C(C)=O.Cc1ccccc1-c1cc(=O)c2c(O)cc(O)c([C@H]3CCN(C)C[C@H]3O)c2o1. The van der Waals surface area contributed by atoms with Gasteiger partial charge in [-0.3, -0.25) is 14.4 Å².